The molecule has 0 spiro atoms. The smallest absolute Gasteiger partial charge is 0.359 e. The lowest BCUT2D eigenvalue weighted by atomic mass is 10.3. The Kier molecular flexibility index (Phi) is 3.47. The van der Waals surface area contributed by atoms with Crippen molar-refractivity contribution < 1.29 is 9.53 Å². The third-order valence-corrected chi connectivity index (χ3v) is 1.96. The molecular formula is C8H9IN2O2. The summed E-state index contributed by atoms with van der Waals surface area (Å²) in [5.74, 6) is -0.474. The topological polar surface area (TPSA) is 65.2 Å². The van der Waals surface area contributed by atoms with E-state index in [0.29, 0.717) is 12.3 Å². The van der Waals surface area contributed by atoms with E-state index in [4.69, 9.17) is 10.5 Å². The van der Waals surface area contributed by atoms with Crippen LogP contribution in [0.25, 0.3) is 0 Å². The third kappa shape index (κ3) is 2.55. The monoisotopic (exact) mass is 292 g/mol. The molecule has 1 rings (SSSR count). The summed E-state index contributed by atoms with van der Waals surface area (Å²) in [7, 11) is 0. The van der Waals surface area contributed by atoms with Crippen molar-refractivity contribution in [1.29, 1.82) is 0 Å². The van der Waals surface area contributed by atoms with Gasteiger partial charge in [-0.3, -0.25) is 0 Å². The van der Waals surface area contributed by atoms with Gasteiger partial charge in [-0.1, -0.05) is 0 Å². The minimum absolute atomic E-state index is 0.189. The summed E-state index contributed by atoms with van der Waals surface area (Å²) in [6.07, 6.45) is 0. The predicted molar refractivity (Wildman–Crippen MR) is 57.3 cm³/mol. The fourth-order valence-electron chi connectivity index (χ4n) is 0.809. The van der Waals surface area contributed by atoms with E-state index >= 15 is 0 Å². The minimum atomic E-state index is -0.474. The van der Waals surface area contributed by atoms with Crippen LogP contribution in [0.15, 0.2) is 12.1 Å². The average Bonchev–Trinajstić information content (AvgIpc) is 2.09. The zero-order valence-corrected chi connectivity index (χ0v) is 9.24. The van der Waals surface area contributed by atoms with E-state index in [1.807, 2.05) is 22.6 Å². The normalized spacial score (nSPS) is 9.69. The summed E-state index contributed by atoms with van der Waals surface area (Å²) >= 11 is 2.01. The molecule has 0 aliphatic rings. The number of rotatable bonds is 2. The number of carbonyl (C=O) groups excluding carboxylic acids is 1. The second kappa shape index (κ2) is 4.40. The van der Waals surface area contributed by atoms with Gasteiger partial charge >= 0.3 is 5.97 Å². The predicted octanol–water partition coefficient (Wildman–Crippen LogP) is 1.45. The molecule has 70 valence electrons. The molecule has 1 heterocycles. The van der Waals surface area contributed by atoms with E-state index in [0.717, 1.165) is 3.70 Å². The Labute approximate surface area is 89.6 Å². The quantitative estimate of drug-likeness (QED) is 0.509. The maximum absolute atomic E-state index is 11.2. The Morgan fingerprint density at radius 1 is 1.69 bits per heavy atom. The van der Waals surface area contributed by atoms with E-state index in [9.17, 15) is 4.79 Å². The van der Waals surface area contributed by atoms with Gasteiger partial charge in [0, 0.05) is 0 Å². The fourth-order valence-corrected chi connectivity index (χ4v) is 1.23. The molecule has 0 aliphatic carbocycles. The fraction of sp³-hybridized carbons (Fsp3) is 0.250. The van der Waals surface area contributed by atoms with Crippen molar-refractivity contribution in [2.45, 2.75) is 6.92 Å². The van der Waals surface area contributed by atoms with Crippen molar-refractivity contribution >= 4 is 34.2 Å². The summed E-state index contributed by atoms with van der Waals surface area (Å²) in [4.78, 5) is 15.2. The highest BCUT2D eigenvalue weighted by atomic mass is 127. The number of hydrogen-bond donors (Lipinski definition) is 1. The number of halogens is 1. The van der Waals surface area contributed by atoms with Crippen molar-refractivity contribution in [1.82, 2.24) is 4.98 Å². The molecule has 0 bridgehead atoms. The van der Waals surface area contributed by atoms with Gasteiger partial charge in [-0.2, -0.15) is 0 Å². The van der Waals surface area contributed by atoms with Gasteiger partial charge in [-0.25, -0.2) is 9.78 Å². The molecule has 1 aromatic rings. The number of hydrogen-bond acceptors (Lipinski definition) is 4. The van der Waals surface area contributed by atoms with E-state index < -0.39 is 5.97 Å². The van der Waals surface area contributed by atoms with Crippen molar-refractivity contribution in [3.05, 3.63) is 21.5 Å². The first kappa shape index (κ1) is 10.2. The summed E-state index contributed by atoms with van der Waals surface area (Å²) in [5.41, 5.74) is 6.09. The maximum atomic E-state index is 11.2. The Balaban J connectivity index is 2.99. The molecule has 0 fully saturated rings. The van der Waals surface area contributed by atoms with Crippen molar-refractivity contribution in [3.63, 3.8) is 0 Å². The lowest BCUT2D eigenvalue weighted by Gasteiger charge is -2.03. The number of carbonyl (C=O) groups is 1. The van der Waals surface area contributed by atoms with Crippen LogP contribution in [-0.4, -0.2) is 17.6 Å². The van der Waals surface area contributed by atoms with Crippen molar-refractivity contribution in [2.24, 2.45) is 0 Å². The Bertz CT molecular complexity index is 328. The van der Waals surface area contributed by atoms with Gasteiger partial charge in [0.25, 0.3) is 0 Å². The van der Waals surface area contributed by atoms with Crippen LogP contribution in [0.1, 0.15) is 17.4 Å². The standard InChI is InChI=1S/C8H9IN2O2/c1-2-13-8(12)7-5(10)3-4-6(9)11-7/h3-4H,2,10H2,1H3. The largest absolute Gasteiger partial charge is 0.461 e. The molecule has 13 heavy (non-hydrogen) atoms. The number of ether oxygens (including phenoxy) is 1. The summed E-state index contributed by atoms with van der Waals surface area (Å²) < 4.78 is 5.50. The van der Waals surface area contributed by atoms with Crippen molar-refractivity contribution in [3.8, 4) is 0 Å². The molecule has 0 saturated carbocycles. The Hall–Kier alpha value is -0.850. The zero-order chi connectivity index (χ0) is 9.84. The molecule has 2 N–H and O–H groups in total. The third-order valence-electron chi connectivity index (χ3n) is 1.36. The van der Waals surface area contributed by atoms with Gasteiger partial charge in [0.1, 0.15) is 3.70 Å². The molecule has 0 atom stereocenters. The summed E-state index contributed by atoms with van der Waals surface area (Å²) in [6.45, 7) is 2.06. The Morgan fingerprint density at radius 3 is 3.00 bits per heavy atom. The number of esters is 1. The number of aromatic nitrogens is 1. The van der Waals surface area contributed by atoms with E-state index in [2.05, 4.69) is 4.98 Å². The van der Waals surface area contributed by atoms with Gasteiger partial charge in [0.05, 0.1) is 12.3 Å². The molecule has 4 nitrogen and oxygen atoms in total. The zero-order valence-electron chi connectivity index (χ0n) is 7.08. The summed E-state index contributed by atoms with van der Waals surface area (Å²) in [5, 5.41) is 0. The highest BCUT2D eigenvalue weighted by Gasteiger charge is 2.12. The molecule has 0 radical (unpaired) electrons. The molecule has 0 aliphatic heterocycles. The van der Waals surface area contributed by atoms with Crippen LogP contribution in [0.3, 0.4) is 0 Å². The summed E-state index contributed by atoms with van der Waals surface area (Å²) in [6, 6.07) is 3.37. The first-order chi connectivity index (χ1) is 6.15. The highest BCUT2D eigenvalue weighted by molar-refractivity contribution is 14.1. The van der Waals surface area contributed by atoms with Crippen LogP contribution in [0.4, 0.5) is 5.69 Å². The number of anilines is 1. The first-order valence-electron chi connectivity index (χ1n) is 3.74. The maximum Gasteiger partial charge on any atom is 0.359 e. The number of nitrogens with two attached hydrogens (primary N) is 1. The Morgan fingerprint density at radius 2 is 2.38 bits per heavy atom. The van der Waals surface area contributed by atoms with Crippen LogP contribution >= 0.6 is 22.6 Å². The molecule has 1 aromatic heterocycles. The molecule has 5 heteroatoms. The van der Waals surface area contributed by atoms with Crippen LogP contribution in [0, 0.1) is 3.70 Å². The van der Waals surface area contributed by atoms with E-state index in [1.54, 1.807) is 19.1 Å². The number of pyridine rings is 1. The van der Waals surface area contributed by atoms with Crippen LogP contribution < -0.4 is 5.73 Å². The van der Waals surface area contributed by atoms with Gasteiger partial charge < -0.3 is 10.5 Å². The average molecular weight is 292 g/mol. The van der Waals surface area contributed by atoms with Crippen LogP contribution in [0.2, 0.25) is 0 Å². The second-order valence-electron chi connectivity index (χ2n) is 2.29. The van der Waals surface area contributed by atoms with E-state index in [1.165, 1.54) is 0 Å². The SMILES string of the molecule is CCOC(=O)c1nc(I)ccc1N. The molecule has 0 aromatic carbocycles. The van der Waals surface area contributed by atoms with Gasteiger partial charge in [-0.05, 0) is 41.6 Å². The van der Waals surface area contributed by atoms with Crippen LogP contribution in [-0.2, 0) is 4.74 Å². The van der Waals surface area contributed by atoms with Gasteiger partial charge in [0.2, 0.25) is 0 Å². The van der Waals surface area contributed by atoms with Crippen molar-refractivity contribution in [2.75, 3.05) is 12.3 Å². The molecular weight excluding hydrogens is 283 g/mol. The van der Waals surface area contributed by atoms with Crippen LogP contribution in [0.5, 0.6) is 0 Å². The lowest BCUT2D eigenvalue weighted by Crippen LogP contribution is -2.10. The minimum Gasteiger partial charge on any atom is -0.461 e. The molecule has 0 amide bonds. The second-order valence-corrected chi connectivity index (χ2v) is 3.40. The lowest BCUT2D eigenvalue weighted by molar-refractivity contribution is 0.0520. The molecule has 0 unspecified atom stereocenters. The van der Waals surface area contributed by atoms with Gasteiger partial charge in [-0.15, -0.1) is 0 Å². The first-order valence-corrected chi connectivity index (χ1v) is 4.82. The van der Waals surface area contributed by atoms with Gasteiger partial charge in [0.15, 0.2) is 5.69 Å². The highest BCUT2D eigenvalue weighted by Crippen LogP contribution is 2.12. The number of nitrogens with zero attached hydrogens (tertiary/aromatic N) is 1. The molecule has 0 saturated heterocycles. The van der Waals surface area contributed by atoms with E-state index in [-0.39, 0.29) is 5.69 Å². The number of nitrogen functional groups attached to an aromatic ring is 1.